The number of carbonyl (C=O) groups is 1. The number of ether oxygens (including phenoxy) is 2. The second kappa shape index (κ2) is 7.46. The molecular formula is C30H28N2O3. The first-order chi connectivity index (χ1) is 17.1. The van der Waals surface area contributed by atoms with Crippen LogP contribution in [0, 0.1) is 12.8 Å². The number of hydrogen-bond acceptors (Lipinski definition) is 4. The van der Waals surface area contributed by atoms with Crippen molar-refractivity contribution in [2.45, 2.75) is 37.4 Å². The Morgan fingerprint density at radius 2 is 1.83 bits per heavy atom. The molecular weight excluding hydrogens is 436 g/mol. The van der Waals surface area contributed by atoms with E-state index in [1.54, 1.807) is 0 Å². The minimum absolute atomic E-state index is 0.0601. The molecule has 5 nitrogen and oxygen atoms in total. The number of esters is 1. The predicted molar refractivity (Wildman–Crippen MR) is 134 cm³/mol. The fourth-order valence-corrected chi connectivity index (χ4v) is 6.93. The standard InChI is InChI=1S/C30H28N2O3/c1-18-11-13-19(14-12-18)28-26-23(21-7-3-5-9-24(21)31-26)16-30(29(33)34-2)15-20-17-35-25-10-6-4-8-22(25)27(20)32(28)30/h3-14,20,27-28,31H,15-17H2,1-2H3/t20-,27-,28+,30-/m0/s1. The van der Waals surface area contributed by atoms with Gasteiger partial charge in [-0.05, 0) is 36.6 Å². The Morgan fingerprint density at radius 1 is 1.06 bits per heavy atom. The first-order valence-electron chi connectivity index (χ1n) is 12.4. The normalized spacial score (nSPS) is 26.9. The number of aromatic amines is 1. The van der Waals surface area contributed by atoms with E-state index in [-0.39, 0.29) is 24.0 Å². The quantitative estimate of drug-likeness (QED) is 0.399. The molecule has 3 aliphatic heterocycles. The van der Waals surface area contributed by atoms with Crippen LogP contribution in [0.4, 0.5) is 0 Å². The first kappa shape index (κ1) is 20.8. The molecule has 35 heavy (non-hydrogen) atoms. The van der Waals surface area contributed by atoms with Gasteiger partial charge in [0, 0.05) is 40.5 Å². The van der Waals surface area contributed by atoms with Crippen LogP contribution < -0.4 is 4.74 Å². The zero-order valence-corrected chi connectivity index (χ0v) is 20.0. The maximum absolute atomic E-state index is 13.8. The van der Waals surface area contributed by atoms with E-state index in [1.807, 2.05) is 12.1 Å². The van der Waals surface area contributed by atoms with Crippen molar-refractivity contribution in [2.24, 2.45) is 5.92 Å². The van der Waals surface area contributed by atoms with Gasteiger partial charge in [0.05, 0.1) is 19.8 Å². The van der Waals surface area contributed by atoms with Crippen molar-refractivity contribution in [3.8, 4) is 5.75 Å². The van der Waals surface area contributed by atoms with Gasteiger partial charge in [0.15, 0.2) is 0 Å². The third-order valence-corrected chi connectivity index (χ3v) is 8.36. The van der Waals surface area contributed by atoms with Crippen LogP contribution in [-0.4, -0.2) is 35.1 Å². The molecule has 1 fully saturated rings. The molecule has 1 N–H and O–H groups in total. The highest BCUT2D eigenvalue weighted by Gasteiger charge is 2.63. The fourth-order valence-electron chi connectivity index (χ4n) is 6.93. The molecule has 0 saturated carbocycles. The number of nitrogens with one attached hydrogen (secondary N) is 1. The first-order valence-corrected chi connectivity index (χ1v) is 12.4. The van der Waals surface area contributed by atoms with Crippen molar-refractivity contribution in [1.29, 1.82) is 0 Å². The van der Waals surface area contributed by atoms with E-state index >= 15 is 0 Å². The molecule has 0 amide bonds. The Kier molecular flexibility index (Phi) is 4.43. The minimum atomic E-state index is -0.765. The summed E-state index contributed by atoms with van der Waals surface area (Å²) in [7, 11) is 1.52. The predicted octanol–water partition coefficient (Wildman–Crippen LogP) is 5.49. The van der Waals surface area contributed by atoms with E-state index in [0.717, 1.165) is 16.8 Å². The van der Waals surface area contributed by atoms with Gasteiger partial charge in [0.1, 0.15) is 11.3 Å². The highest BCUT2D eigenvalue weighted by molar-refractivity contribution is 5.89. The molecule has 3 aromatic carbocycles. The zero-order chi connectivity index (χ0) is 23.7. The van der Waals surface area contributed by atoms with Crippen LogP contribution in [0.2, 0.25) is 0 Å². The molecule has 1 aromatic heterocycles. The number of fused-ring (bicyclic) bond motifs is 8. The summed E-state index contributed by atoms with van der Waals surface area (Å²) in [5, 5.41) is 1.19. The maximum atomic E-state index is 13.8. The number of aryl methyl sites for hydroxylation is 1. The molecule has 4 heterocycles. The number of H-pyrrole nitrogens is 1. The van der Waals surface area contributed by atoms with Crippen molar-refractivity contribution in [2.75, 3.05) is 13.7 Å². The van der Waals surface area contributed by atoms with Crippen molar-refractivity contribution < 1.29 is 14.3 Å². The summed E-state index contributed by atoms with van der Waals surface area (Å²) in [6.45, 7) is 2.71. The number of carbonyl (C=O) groups excluding carboxylic acids is 1. The monoisotopic (exact) mass is 464 g/mol. The van der Waals surface area contributed by atoms with Crippen LogP contribution in [-0.2, 0) is 16.0 Å². The van der Waals surface area contributed by atoms with Gasteiger partial charge in [0.25, 0.3) is 0 Å². The number of hydrogen-bond donors (Lipinski definition) is 1. The van der Waals surface area contributed by atoms with Crippen LogP contribution in [0.5, 0.6) is 5.75 Å². The van der Waals surface area contributed by atoms with E-state index < -0.39 is 5.54 Å². The summed E-state index contributed by atoms with van der Waals surface area (Å²) >= 11 is 0. The maximum Gasteiger partial charge on any atom is 0.326 e. The van der Waals surface area contributed by atoms with Crippen molar-refractivity contribution in [3.05, 3.63) is 101 Å². The van der Waals surface area contributed by atoms with Gasteiger partial charge in [-0.1, -0.05) is 66.2 Å². The van der Waals surface area contributed by atoms with Crippen molar-refractivity contribution in [1.82, 2.24) is 9.88 Å². The summed E-state index contributed by atoms with van der Waals surface area (Å²) in [5.41, 5.74) is 6.31. The van der Waals surface area contributed by atoms with Crippen molar-refractivity contribution in [3.63, 3.8) is 0 Å². The topological polar surface area (TPSA) is 54.6 Å². The fraction of sp³-hybridized carbons (Fsp3) is 0.300. The SMILES string of the molecule is COC(=O)[C@]12Cc3c([nH]c4ccccc34)[C@@H](c3ccc(C)cc3)N1[C@@H]1c3ccccc3OC[C@@H]1C2. The second-order valence-electron chi connectivity index (χ2n) is 10.2. The lowest BCUT2D eigenvalue weighted by Gasteiger charge is -2.48. The molecule has 3 aliphatic rings. The van der Waals surface area contributed by atoms with Crippen LogP contribution in [0.3, 0.4) is 0 Å². The highest BCUT2D eigenvalue weighted by atomic mass is 16.5. The lowest BCUT2D eigenvalue weighted by atomic mass is 9.78. The lowest BCUT2D eigenvalue weighted by Crippen LogP contribution is -2.57. The molecule has 0 spiro atoms. The molecule has 0 unspecified atom stereocenters. The molecule has 4 aromatic rings. The highest BCUT2D eigenvalue weighted by Crippen LogP contribution is 2.60. The Hall–Kier alpha value is -3.57. The van der Waals surface area contributed by atoms with Gasteiger partial charge in [-0.25, -0.2) is 0 Å². The summed E-state index contributed by atoms with van der Waals surface area (Å²) in [6.07, 6.45) is 1.33. The number of rotatable bonds is 2. The van der Waals surface area contributed by atoms with E-state index in [4.69, 9.17) is 9.47 Å². The molecule has 0 radical (unpaired) electrons. The van der Waals surface area contributed by atoms with Gasteiger partial charge >= 0.3 is 5.97 Å². The molecule has 0 bridgehead atoms. The molecule has 176 valence electrons. The van der Waals surface area contributed by atoms with Crippen molar-refractivity contribution >= 4 is 16.9 Å². The average Bonchev–Trinajstić information content (AvgIpc) is 3.43. The van der Waals surface area contributed by atoms with E-state index in [0.29, 0.717) is 19.4 Å². The van der Waals surface area contributed by atoms with Gasteiger partial charge in [0.2, 0.25) is 0 Å². The Labute approximate surface area is 204 Å². The summed E-state index contributed by atoms with van der Waals surface area (Å²) in [6, 6.07) is 25.4. The number of nitrogens with zero attached hydrogens (tertiary/aromatic N) is 1. The van der Waals surface area contributed by atoms with Gasteiger partial charge < -0.3 is 14.5 Å². The number of methoxy groups -OCH3 is 1. The Bertz CT molecular complexity index is 1460. The molecule has 4 atom stereocenters. The lowest BCUT2D eigenvalue weighted by molar-refractivity contribution is -0.156. The van der Waals surface area contributed by atoms with Crippen LogP contribution in [0.1, 0.15) is 46.5 Å². The second-order valence-corrected chi connectivity index (χ2v) is 10.2. The molecule has 5 heteroatoms. The number of aromatic nitrogens is 1. The van der Waals surface area contributed by atoms with E-state index in [9.17, 15) is 4.79 Å². The zero-order valence-electron chi connectivity index (χ0n) is 20.0. The van der Waals surface area contributed by atoms with Gasteiger partial charge in [-0.2, -0.15) is 0 Å². The number of para-hydroxylation sites is 2. The summed E-state index contributed by atoms with van der Waals surface area (Å²) < 4.78 is 11.8. The third kappa shape index (κ3) is 2.82. The molecule has 1 saturated heterocycles. The van der Waals surface area contributed by atoms with Gasteiger partial charge in [-0.3, -0.25) is 9.69 Å². The molecule has 7 rings (SSSR count). The van der Waals surface area contributed by atoms with Crippen LogP contribution in [0.25, 0.3) is 10.9 Å². The van der Waals surface area contributed by atoms with E-state index in [2.05, 4.69) is 77.5 Å². The third-order valence-electron chi connectivity index (χ3n) is 8.36. The Balaban J connectivity index is 1.53. The average molecular weight is 465 g/mol. The summed E-state index contributed by atoms with van der Waals surface area (Å²) in [5.74, 6) is 0.962. The Morgan fingerprint density at radius 3 is 2.66 bits per heavy atom. The van der Waals surface area contributed by atoms with E-state index in [1.165, 1.54) is 34.9 Å². The summed E-state index contributed by atoms with van der Waals surface area (Å²) in [4.78, 5) is 20.0. The largest absolute Gasteiger partial charge is 0.493 e. The van der Waals surface area contributed by atoms with Gasteiger partial charge in [-0.15, -0.1) is 0 Å². The number of benzene rings is 3. The molecule has 0 aliphatic carbocycles. The minimum Gasteiger partial charge on any atom is -0.493 e. The van der Waals surface area contributed by atoms with Crippen LogP contribution >= 0.6 is 0 Å². The smallest absolute Gasteiger partial charge is 0.326 e. The van der Waals surface area contributed by atoms with Crippen LogP contribution in [0.15, 0.2) is 72.8 Å².